The average Bonchev–Trinajstić information content (AvgIpc) is 3.06. The summed E-state index contributed by atoms with van der Waals surface area (Å²) in [6.07, 6.45) is 0. The Morgan fingerprint density at radius 1 is 1.12 bits per heavy atom. The number of hydrogen-bond acceptors (Lipinski definition) is 4. The van der Waals surface area contributed by atoms with Crippen molar-refractivity contribution in [3.8, 4) is 17.3 Å². The second-order valence-electron chi connectivity index (χ2n) is 5.29. The van der Waals surface area contributed by atoms with Gasteiger partial charge in [0.05, 0.1) is 10.0 Å². The number of hydrogen-bond donors (Lipinski definition) is 1. The van der Waals surface area contributed by atoms with Crippen molar-refractivity contribution in [3.63, 3.8) is 0 Å². The number of nitrogens with one attached hydrogen (secondary N) is 1. The van der Waals surface area contributed by atoms with Crippen LogP contribution in [0.5, 0.6) is 0 Å². The largest absolute Gasteiger partial charge is 0.370 e. The molecule has 3 rings (SSSR count). The number of anilines is 1. The number of halogens is 2. The Kier molecular flexibility index (Phi) is 4.70. The van der Waals surface area contributed by atoms with Gasteiger partial charge in [0.15, 0.2) is 5.69 Å². The van der Waals surface area contributed by atoms with Crippen molar-refractivity contribution in [2.45, 2.75) is 6.54 Å². The third-order valence-corrected chi connectivity index (χ3v) is 4.36. The molecule has 120 valence electrons. The number of aromatic amines is 1. The lowest BCUT2D eigenvalue weighted by atomic mass is 10.1. The van der Waals surface area contributed by atoms with Crippen molar-refractivity contribution >= 4 is 28.9 Å². The number of H-pyrrole nitrogens is 1. The maximum absolute atomic E-state index is 9.08. The molecule has 0 bridgehead atoms. The van der Waals surface area contributed by atoms with E-state index in [1.807, 2.05) is 49.5 Å². The Morgan fingerprint density at radius 2 is 1.96 bits per heavy atom. The normalized spacial score (nSPS) is 10.4. The molecule has 2 aromatic carbocycles. The van der Waals surface area contributed by atoms with Crippen LogP contribution in [0.2, 0.25) is 10.0 Å². The zero-order valence-corrected chi connectivity index (χ0v) is 14.3. The zero-order valence-electron chi connectivity index (χ0n) is 12.8. The molecule has 0 atom stereocenters. The minimum absolute atomic E-state index is 0.282. The van der Waals surface area contributed by atoms with Gasteiger partial charge in [-0.2, -0.15) is 15.6 Å². The molecule has 0 spiro atoms. The molecule has 0 unspecified atom stereocenters. The Balaban J connectivity index is 1.84. The highest BCUT2D eigenvalue weighted by atomic mass is 35.5. The van der Waals surface area contributed by atoms with Gasteiger partial charge in [-0.3, -0.25) is 0 Å². The van der Waals surface area contributed by atoms with Crippen LogP contribution in [0.25, 0.3) is 11.3 Å². The van der Waals surface area contributed by atoms with Gasteiger partial charge < -0.3 is 4.90 Å². The van der Waals surface area contributed by atoms with E-state index in [4.69, 9.17) is 28.5 Å². The van der Waals surface area contributed by atoms with E-state index in [2.05, 4.69) is 20.3 Å². The third kappa shape index (κ3) is 3.35. The first-order chi connectivity index (χ1) is 11.6. The highest BCUT2D eigenvalue weighted by Gasteiger charge is 2.11. The van der Waals surface area contributed by atoms with E-state index in [0.717, 1.165) is 16.8 Å². The van der Waals surface area contributed by atoms with Crippen LogP contribution in [0.15, 0.2) is 42.5 Å². The molecule has 0 aliphatic carbocycles. The van der Waals surface area contributed by atoms with E-state index in [9.17, 15) is 0 Å². The molecule has 1 N–H and O–H groups in total. The Bertz CT molecular complexity index is 913. The molecule has 0 saturated heterocycles. The Hall–Kier alpha value is -2.55. The molecular formula is C17H13Cl2N5. The minimum Gasteiger partial charge on any atom is -0.370 e. The average molecular weight is 358 g/mol. The van der Waals surface area contributed by atoms with Crippen LogP contribution in [0, 0.1) is 11.3 Å². The summed E-state index contributed by atoms with van der Waals surface area (Å²) in [5.74, 6) is 0. The summed E-state index contributed by atoms with van der Waals surface area (Å²) < 4.78 is 0. The summed E-state index contributed by atoms with van der Waals surface area (Å²) in [5.41, 5.74) is 3.73. The fraction of sp³-hybridized carbons (Fsp3) is 0.118. The van der Waals surface area contributed by atoms with Gasteiger partial charge in [0.2, 0.25) is 0 Å². The molecular weight excluding hydrogens is 345 g/mol. The molecule has 0 aliphatic heterocycles. The molecule has 0 fully saturated rings. The summed E-state index contributed by atoms with van der Waals surface area (Å²) in [6, 6.07) is 15.4. The summed E-state index contributed by atoms with van der Waals surface area (Å²) >= 11 is 12.0. The molecule has 1 aromatic heterocycles. The predicted octanol–water partition coefficient (Wildman–Crippen LogP) is 4.29. The number of aromatic nitrogens is 3. The lowest BCUT2D eigenvalue weighted by Crippen LogP contribution is -2.16. The first-order valence-electron chi connectivity index (χ1n) is 7.15. The van der Waals surface area contributed by atoms with Gasteiger partial charge in [0.1, 0.15) is 11.8 Å². The van der Waals surface area contributed by atoms with E-state index in [-0.39, 0.29) is 5.69 Å². The smallest absolute Gasteiger partial charge is 0.190 e. The topological polar surface area (TPSA) is 68.6 Å². The SMILES string of the molecule is CN(Cc1cccc(-c2n[nH]nc2C#N)c1)c1ccc(Cl)c(Cl)c1. The molecule has 1 heterocycles. The molecule has 24 heavy (non-hydrogen) atoms. The second-order valence-corrected chi connectivity index (χ2v) is 6.10. The van der Waals surface area contributed by atoms with Crippen molar-refractivity contribution in [2.24, 2.45) is 0 Å². The molecule has 0 amide bonds. The number of benzene rings is 2. The van der Waals surface area contributed by atoms with Crippen LogP contribution in [0.3, 0.4) is 0 Å². The van der Waals surface area contributed by atoms with Crippen LogP contribution in [-0.2, 0) is 6.54 Å². The maximum Gasteiger partial charge on any atom is 0.190 e. The standard InChI is InChI=1S/C17H13Cl2N5/c1-24(13-5-6-14(18)15(19)8-13)10-11-3-2-4-12(7-11)17-16(9-20)21-23-22-17/h2-8H,10H2,1H3,(H,21,22,23). The Morgan fingerprint density at radius 3 is 2.71 bits per heavy atom. The third-order valence-electron chi connectivity index (χ3n) is 3.62. The van der Waals surface area contributed by atoms with Crippen LogP contribution >= 0.6 is 23.2 Å². The van der Waals surface area contributed by atoms with Gasteiger partial charge in [-0.05, 0) is 29.8 Å². The van der Waals surface area contributed by atoms with Crippen molar-refractivity contribution in [2.75, 3.05) is 11.9 Å². The lowest BCUT2D eigenvalue weighted by Gasteiger charge is -2.20. The quantitative estimate of drug-likeness (QED) is 0.756. The monoisotopic (exact) mass is 357 g/mol. The highest BCUT2D eigenvalue weighted by Crippen LogP contribution is 2.28. The highest BCUT2D eigenvalue weighted by molar-refractivity contribution is 6.42. The summed E-state index contributed by atoms with van der Waals surface area (Å²) in [5, 5.41) is 20.5. The zero-order chi connectivity index (χ0) is 17.1. The summed E-state index contributed by atoms with van der Waals surface area (Å²) in [4.78, 5) is 2.06. The van der Waals surface area contributed by atoms with E-state index in [0.29, 0.717) is 22.3 Å². The molecule has 0 radical (unpaired) electrons. The fourth-order valence-corrected chi connectivity index (χ4v) is 2.71. The fourth-order valence-electron chi connectivity index (χ4n) is 2.41. The van der Waals surface area contributed by atoms with Crippen molar-refractivity contribution < 1.29 is 0 Å². The molecule has 7 heteroatoms. The van der Waals surface area contributed by atoms with E-state index < -0.39 is 0 Å². The van der Waals surface area contributed by atoms with Gasteiger partial charge in [-0.15, -0.1) is 5.10 Å². The molecule has 5 nitrogen and oxygen atoms in total. The van der Waals surface area contributed by atoms with Gasteiger partial charge >= 0.3 is 0 Å². The van der Waals surface area contributed by atoms with Gasteiger partial charge in [0.25, 0.3) is 0 Å². The second kappa shape index (κ2) is 6.91. The van der Waals surface area contributed by atoms with Crippen molar-refractivity contribution in [1.29, 1.82) is 5.26 Å². The van der Waals surface area contributed by atoms with Gasteiger partial charge in [0, 0.05) is 24.8 Å². The lowest BCUT2D eigenvalue weighted by molar-refractivity contribution is 0.922. The summed E-state index contributed by atoms with van der Waals surface area (Å²) in [6.45, 7) is 0.672. The van der Waals surface area contributed by atoms with Crippen LogP contribution in [0.4, 0.5) is 5.69 Å². The number of nitriles is 1. The van der Waals surface area contributed by atoms with Crippen molar-refractivity contribution in [1.82, 2.24) is 15.4 Å². The molecule has 0 aliphatic rings. The van der Waals surface area contributed by atoms with E-state index >= 15 is 0 Å². The van der Waals surface area contributed by atoms with Crippen LogP contribution in [-0.4, -0.2) is 22.5 Å². The Labute approximate surface area is 149 Å². The first kappa shape index (κ1) is 16.3. The van der Waals surface area contributed by atoms with Crippen molar-refractivity contribution in [3.05, 3.63) is 63.8 Å². The number of nitrogens with zero attached hydrogens (tertiary/aromatic N) is 4. The van der Waals surface area contributed by atoms with Gasteiger partial charge in [-0.25, -0.2) is 0 Å². The van der Waals surface area contributed by atoms with Crippen LogP contribution < -0.4 is 4.90 Å². The molecule has 0 saturated carbocycles. The van der Waals surface area contributed by atoms with Gasteiger partial charge in [-0.1, -0.05) is 41.4 Å². The van der Waals surface area contributed by atoms with Crippen LogP contribution in [0.1, 0.15) is 11.3 Å². The first-order valence-corrected chi connectivity index (χ1v) is 7.90. The van der Waals surface area contributed by atoms with E-state index in [1.165, 1.54) is 0 Å². The maximum atomic E-state index is 9.08. The van der Waals surface area contributed by atoms with E-state index in [1.54, 1.807) is 6.07 Å². The summed E-state index contributed by atoms with van der Waals surface area (Å²) in [7, 11) is 1.98. The number of rotatable bonds is 4. The minimum atomic E-state index is 0.282. The predicted molar refractivity (Wildman–Crippen MR) is 95.1 cm³/mol. The molecule has 3 aromatic rings.